The lowest BCUT2D eigenvalue weighted by molar-refractivity contribution is 0.0683. The summed E-state index contributed by atoms with van der Waals surface area (Å²) in [5.41, 5.74) is 2.79. The molecule has 2 aliphatic rings. The van der Waals surface area contributed by atoms with Crippen molar-refractivity contribution in [3.63, 3.8) is 0 Å². The van der Waals surface area contributed by atoms with Crippen molar-refractivity contribution >= 4 is 28.2 Å². The molecule has 166 valence electrons. The van der Waals surface area contributed by atoms with Gasteiger partial charge in [0, 0.05) is 23.5 Å². The first kappa shape index (κ1) is 22.1. The summed E-state index contributed by atoms with van der Waals surface area (Å²) in [6.45, 7) is 10.7. The van der Waals surface area contributed by atoms with Crippen LogP contribution in [-0.4, -0.2) is 29.8 Å². The van der Waals surface area contributed by atoms with Gasteiger partial charge in [0.2, 0.25) is 0 Å². The molecule has 4 rings (SSSR count). The number of rotatable bonds is 3. The predicted octanol–water partition coefficient (Wildman–Crippen LogP) is 6.02. The number of nitrogens with one attached hydrogen (secondary N) is 1. The normalized spacial score (nSPS) is 21.5. The average Bonchev–Trinajstić information content (AvgIpc) is 3.10. The molecule has 1 aliphatic carbocycles. The van der Waals surface area contributed by atoms with Gasteiger partial charge in [-0.05, 0) is 67.1 Å². The lowest BCUT2D eigenvalue weighted by Gasteiger charge is -2.34. The van der Waals surface area contributed by atoms with Gasteiger partial charge in [0.05, 0.1) is 5.56 Å². The monoisotopic (exact) mass is 438 g/mol. The molecule has 0 spiro atoms. The Morgan fingerprint density at radius 1 is 1.13 bits per heavy atom. The molecule has 1 aromatic carbocycles. The number of carbonyl (C=O) groups excluding carboxylic acids is 2. The Morgan fingerprint density at radius 2 is 1.87 bits per heavy atom. The summed E-state index contributed by atoms with van der Waals surface area (Å²) in [5.74, 6) is 1.07. The van der Waals surface area contributed by atoms with E-state index in [2.05, 4.69) is 33.0 Å². The summed E-state index contributed by atoms with van der Waals surface area (Å²) in [6.07, 6.45) is 5.23. The van der Waals surface area contributed by atoms with Crippen LogP contribution < -0.4 is 5.32 Å². The van der Waals surface area contributed by atoms with Gasteiger partial charge in [-0.2, -0.15) is 0 Å². The quantitative estimate of drug-likeness (QED) is 0.637. The largest absolute Gasteiger partial charge is 0.338 e. The highest BCUT2D eigenvalue weighted by Gasteiger charge is 2.35. The van der Waals surface area contributed by atoms with E-state index in [0.29, 0.717) is 17.4 Å². The Labute approximate surface area is 190 Å². The van der Waals surface area contributed by atoms with Crippen molar-refractivity contribution in [3.05, 3.63) is 51.9 Å². The molecule has 4 nitrogen and oxygen atoms in total. The molecule has 1 saturated heterocycles. The van der Waals surface area contributed by atoms with Crippen LogP contribution in [0.15, 0.2) is 30.3 Å². The van der Waals surface area contributed by atoms with Crippen molar-refractivity contribution in [1.82, 2.24) is 4.90 Å². The van der Waals surface area contributed by atoms with Gasteiger partial charge in [0.15, 0.2) is 0 Å². The topological polar surface area (TPSA) is 49.4 Å². The van der Waals surface area contributed by atoms with Crippen LogP contribution in [0.4, 0.5) is 5.00 Å². The summed E-state index contributed by atoms with van der Waals surface area (Å²) >= 11 is 1.62. The highest BCUT2D eigenvalue weighted by atomic mass is 32.1. The molecule has 0 saturated carbocycles. The van der Waals surface area contributed by atoms with Crippen LogP contribution in [0.5, 0.6) is 0 Å². The van der Waals surface area contributed by atoms with Gasteiger partial charge in [-0.15, -0.1) is 11.3 Å². The van der Waals surface area contributed by atoms with Crippen LogP contribution in [0.1, 0.15) is 78.1 Å². The third kappa shape index (κ3) is 4.72. The van der Waals surface area contributed by atoms with E-state index in [1.165, 1.54) is 16.9 Å². The Balaban J connectivity index is 1.68. The molecular weight excluding hydrogens is 404 g/mol. The smallest absolute Gasteiger partial charge is 0.257 e. The highest BCUT2D eigenvalue weighted by molar-refractivity contribution is 7.17. The van der Waals surface area contributed by atoms with E-state index in [1.807, 2.05) is 35.2 Å². The zero-order valence-corrected chi connectivity index (χ0v) is 20.0. The SMILES string of the molecule is CC1CCCN(C(=O)c2c(NC(=O)c3ccccc3)sc3c2CCC(C(C)(C)C)C3)C1. The second-order valence-electron chi connectivity index (χ2n) is 10.3. The minimum atomic E-state index is -0.146. The summed E-state index contributed by atoms with van der Waals surface area (Å²) in [7, 11) is 0. The van der Waals surface area contributed by atoms with Crippen LogP contribution in [0.25, 0.3) is 0 Å². The standard InChI is InChI=1S/C26H34N2O2S/c1-17-9-8-14-28(16-17)25(30)22-20-13-12-19(26(2,3)4)15-21(20)31-24(22)27-23(29)18-10-6-5-7-11-18/h5-7,10-11,17,19H,8-9,12-16H2,1-4H3,(H,27,29). The number of thiophene rings is 1. The maximum Gasteiger partial charge on any atom is 0.257 e. The minimum Gasteiger partial charge on any atom is -0.338 e. The first-order valence-electron chi connectivity index (χ1n) is 11.5. The zero-order chi connectivity index (χ0) is 22.2. The molecule has 0 radical (unpaired) electrons. The van der Waals surface area contributed by atoms with Gasteiger partial charge in [0.1, 0.15) is 5.00 Å². The molecule has 1 aliphatic heterocycles. The number of piperidine rings is 1. The fourth-order valence-corrected chi connectivity index (χ4v) is 6.25. The molecule has 2 unspecified atom stereocenters. The first-order chi connectivity index (χ1) is 14.7. The molecule has 1 N–H and O–H groups in total. The van der Waals surface area contributed by atoms with E-state index in [-0.39, 0.29) is 17.2 Å². The van der Waals surface area contributed by atoms with Gasteiger partial charge in [-0.25, -0.2) is 0 Å². The highest BCUT2D eigenvalue weighted by Crippen LogP contribution is 2.45. The van der Waals surface area contributed by atoms with Gasteiger partial charge in [-0.3, -0.25) is 9.59 Å². The summed E-state index contributed by atoms with van der Waals surface area (Å²) in [4.78, 5) is 29.9. The number of carbonyl (C=O) groups is 2. The van der Waals surface area contributed by atoms with E-state index >= 15 is 0 Å². The van der Waals surface area contributed by atoms with E-state index in [9.17, 15) is 9.59 Å². The third-order valence-electron chi connectivity index (χ3n) is 6.91. The van der Waals surface area contributed by atoms with Crippen molar-refractivity contribution in [2.75, 3.05) is 18.4 Å². The summed E-state index contributed by atoms with van der Waals surface area (Å²) < 4.78 is 0. The van der Waals surface area contributed by atoms with Crippen LogP contribution in [0.3, 0.4) is 0 Å². The fraction of sp³-hybridized carbons (Fsp3) is 0.538. The lowest BCUT2D eigenvalue weighted by Crippen LogP contribution is -2.39. The maximum atomic E-state index is 13.7. The fourth-order valence-electron chi connectivity index (χ4n) is 4.94. The number of nitrogens with zero attached hydrogens (tertiary/aromatic N) is 1. The number of hydrogen-bond donors (Lipinski definition) is 1. The molecule has 1 fully saturated rings. The molecular formula is C26H34N2O2S. The zero-order valence-electron chi connectivity index (χ0n) is 19.2. The van der Waals surface area contributed by atoms with Gasteiger partial charge < -0.3 is 10.2 Å². The van der Waals surface area contributed by atoms with Crippen molar-refractivity contribution in [2.45, 2.75) is 59.8 Å². The number of fused-ring (bicyclic) bond motifs is 1. The third-order valence-corrected chi connectivity index (χ3v) is 8.08. The van der Waals surface area contributed by atoms with Crippen LogP contribution >= 0.6 is 11.3 Å². The second-order valence-corrected chi connectivity index (χ2v) is 11.4. The second kappa shape index (κ2) is 8.78. The molecule has 2 atom stereocenters. The van der Waals surface area contributed by atoms with Gasteiger partial charge in [-0.1, -0.05) is 45.9 Å². The number of amides is 2. The lowest BCUT2D eigenvalue weighted by atomic mass is 9.72. The van der Waals surface area contributed by atoms with Crippen LogP contribution in [-0.2, 0) is 12.8 Å². The Morgan fingerprint density at radius 3 is 2.55 bits per heavy atom. The Kier molecular flexibility index (Phi) is 6.25. The van der Waals surface area contributed by atoms with Crippen LogP contribution in [0.2, 0.25) is 0 Å². The van der Waals surface area contributed by atoms with Crippen LogP contribution in [0, 0.1) is 17.3 Å². The number of likely N-dealkylation sites (tertiary alicyclic amines) is 1. The molecule has 2 amide bonds. The molecule has 2 heterocycles. The van der Waals surface area contributed by atoms with Crippen molar-refractivity contribution < 1.29 is 9.59 Å². The van der Waals surface area contributed by atoms with E-state index in [4.69, 9.17) is 0 Å². The number of benzene rings is 1. The molecule has 0 bridgehead atoms. The molecule has 5 heteroatoms. The number of hydrogen-bond acceptors (Lipinski definition) is 3. The van der Waals surface area contributed by atoms with E-state index in [0.717, 1.165) is 49.3 Å². The first-order valence-corrected chi connectivity index (χ1v) is 12.4. The average molecular weight is 439 g/mol. The number of anilines is 1. The van der Waals surface area contributed by atoms with E-state index < -0.39 is 0 Å². The predicted molar refractivity (Wildman–Crippen MR) is 128 cm³/mol. The van der Waals surface area contributed by atoms with Gasteiger partial charge >= 0.3 is 0 Å². The van der Waals surface area contributed by atoms with Crippen molar-refractivity contribution in [2.24, 2.45) is 17.3 Å². The summed E-state index contributed by atoms with van der Waals surface area (Å²) in [6, 6.07) is 9.26. The van der Waals surface area contributed by atoms with Gasteiger partial charge in [0.25, 0.3) is 11.8 Å². The Bertz CT molecular complexity index is 958. The molecule has 31 heavy (non-hydrogen) atoms. The summed E-state index contributed by atoms with van der Waals surface area (Å²) in [5, 5.41) is 3.83. The Hall–Kier alpha value is -2.14. The molecule has 1 aromatic heterocycles. The van der Waals surface area contributed by atoms with E-state index in [1.54, 1.807) is 11.3 Å². The minimum absolute atomic E-state index is 0.0987. The van der Waals surface area contributed by atoms with Crippen molar-refractivity contribution in [3.8, 4) is 0 Å². The molecule has 2 aromatic rings. The maximum absolute atomic E-state index is 13.7. The van der Waals surface area contributed by atoms with Crippen molar-refractivity contribution in [1.29, 1.82) is 0 Å².